The zero-order chi connectivity index (χ0) is 14.5. The molecule has 1 amide bonds. The molecule has 1 saturated heterocycles. The third-order valence-electron chi connectivity index (χ3n) is 4.05. The summed E-state index contributed by atoms with van der Waals surface area (Å²) in [4.78, 5) is 27.0. The lowest BCUT2D eigenvalue weighted by Crippen LogP contribution is -2.33. The minimum atomic E-state index is -0.714. The molecule has 1 aliphatic rings. The number of carbonyl (C=O) groups is 2. The Hall–Kier alpha value is -1.10. The van der Waals surface area contributed by atoms with Gasteiger partial charge in [0.15, 0.2) is 0 Å². The second-order valence-electron chi connectivity index (χ2n) is 5.56. The third-order valence-corrected chi connectivity index (χ3v) is 4.05. The minimum Gasteiger partial charge on any atom is -0.481 e. The number of hydrogen-bond acceptors (Lipinski definition) is 3. The Labute approximate surface area is 115 Å². The van der Waals surface area contributed by atoms with E-state index in [4.69, 9.17) is 5.11 Å². The van der Waals surface area contributed by atoms with Crippen molar-refractivity contribution < 1.29 is 14.7 Å². The van der Waals surface area contributed by atoms with Crippen molar-refractivity contribution in [2.75, 3.05) is 32.7 Å². The Bertz CT molecular complexity index is 329. The molecule has 1 atom stereocenters. The SMILES string of the molecule is CCN(CC)C(=O)CCCN1CCC(C)(C(=O)O)C1. The van der Waals surface area contributed by atoms with Crippen LogP contribution in [0.4, 0.5) is 0 Å². The summed E-state index contributed by atoms with van der Waals surface area (Å²) < 4.78 is 0. The molecule has 1 fully saturated rings. The maximum atomic E-state index is 11.8. The highest BCUT2D eigenvalue weighted by Crippen LogP contribution is 2.30. The van der Waals surface area contributed by atoms with Crippen molar-refractivity contribution in [3.63, 3.8) is 0 Å². The molecule has 0 aromatic rings. The fraction of sp³-hybridized carbons (Fsp3) is 0.857. The number of carbonyl (C=O) groups excluding carboxylic acids is 1. The summed E-state index contributed by atoms with van der Waals surface area (Å²) >= 11 is 0. The highest BCUT2D eigenvalue weighted by Gasteiger charge is 2.39. The largest absolute Gasteiger partial charge is 0.481 e. The molecule has 19 heavy (non-hydrogen) atoms. The standard InChI is InChI=1S/C14H26N2O3/c1-4-16(5-2)12(17)7-6-9-15-10-8-14(3,11-15)13(18)19/h4-11H2,1-3H3,(H,18,19). The summed E-state index contributed by atoms with van der Waals surface area (Å²) in [5, 5.41) is 9.15. The van der Waals surface area contributed by atoms with Gasteiger partial charge in [0.05, 0.1) is 5.41 Å². The molecule has 5 nitrogen and oxygen atoms in total. The van der Waals surface area contributed by atoms with Crippen molar-refractivity contribution in [2.45, 2.75) is 40.0 Å². The van der Waals surface area contributed by atoms with E-state index >= 15 is 0 Å². The lowest BCUT2D eigenvalue weighted by molar-refractivity contribution is -0.147. The molecule has 1 unspecified atom stereocenters. The molecule has 0 saturated carbocycles. The van der Waals surface area contributed by atoms with Gasteiger partial charge in [-0.2, -0.15) is 0 Å². The summed E-state index contributed by atoms with van der Waals surface area (Å²) in [7, 11) is 0. The van der Waals surface area contributed by atoms with Crippen LogP contribution in [0.25, 0.3) is 0 Å². The molecule has 1 N–H and O–H groups in total. The molecule has 0 bridgehead atoms. The van der Waals surface area contributed by atoms with Crippen LogP contribution in [0.5, 0.6) is 0 Å². The predicted octanol–water partition coefficient (Wildman–Crippen LogP) is 1.43. The van der Waals surface area contributed by atoms with Gasteiger partial charge in [0.25, 0.3) is 0 Å². The normalized spacial score (nSPS) is 23.5. The minimum absolute atomic E-state index is 0.199. The van der Waals surface area contributed by atoms with E-state index in [1.54, 1.807) is 6.92 Å². The number of likely N-dealkylation sites (tertiary alicyclic amines) is 1. The van der Waals surface area contributed by atoms with Gasteiger partial charge in [-0.15, -0.1) is 0 Å². The Morgan fingerprint density at radius 3 is 2.42 bits per heavy atom. The number of carboxylic acid groups (broad SMARTS) is 1. The van der Waals surface area contributed by atoms with Crippen molar-refractivity contribution >= 4 is 11.9 Å². The molecule has 110 valence electrons. The van der Waals surface area contributed by atoms with Gasteiger partial charge in [-0.05, 0) is 46.7 Å². The molecular weight excluding hydrogens is 244 g/mol. The highest BCUT2D eigenvalue weighted by atomic mass is 16.4. The smallest absolute Gasteiger partial charge is 0.310 e. The van der Waals surface area contributed by atoms with Gasteiger partial charge < -0.3 is 14.9 Å². The number of nitrogens with zero attached hydrogens (tertiary/aromatic N) is 2. The van der Waals surface area contributed by atoms with E-state index in [0.717, 1.165) is 32.6 Å². The van der Waals surface area contributed by atoms with E-state index in [1.807, 2.05) is 18.7 Å². The number of rotatable bonds is 7. The molecule has 0 aromatic heterocycles. The van der Waals surface area contributed by atoms with Crippen molar-refractivity contribution in [2.24, 2.45) is 5.41 Å². The third kappa shape index (κ3) is 4.20. The van der Waals surface area contributed by atoms with E-state index in [0.29, 0.717) is 19.4 Å². The van der Waals surface area contributed by atoms with Crippen molar-refractivity contribution in [1.29, 1.82) is 0 Å². The average molecular weight is 270 g/mol. The first-order valence-corrected chi connectivity index (χ1v) is 7.16. The van der Waals surface area contributed by atoms with E-state index < -0.39 is 11.4 Å². The molecule has 1 heterocycles. The van der Waals surface area contributed by atoms with Gasteiger partial charge >= 0.3 is 5.97 Å². The van der Waals surface area contributed by atoms with Gasteiger partial charge in [0, 0.05) is 26.1 Å². The maximum Gasteiger partial charge on any atom is 0.310 e. The molecule has 1 aliphatic heterocycles. The van der Waals surface area contributed by atoms with Crippen LogP contribution < -0.4 is 0 Å². The van der Waals surface area contributed by atoms with Crippen LogP contribution >= 0.6 is 0 Å². The number of aliphatic carboxylic acids is 1. The van der Waals surface area contributed by atoms with Crippen LogP contribution in [-0.4, -0.2) is 59.5 Å². The van der Waals surface area contributed by atoms with E-state index in [9.17, 15) is 9.59 Å². The number of carboxylic acids is 1. The molecular formula is C14H26N2O3. The molecule has 1 rings (SSSR count). The first-order valence-electron chi connectivity index (χ1n) is 7.16. The second kappa shape index (κ2) is 6.89. The molecule has 0 aliphatic carbocycles. The Balaban J connectivity index is 2.28. The van der Waals surface area contributed by atoms with Crippen LogP contribution in [0.15, 0.2) is 0 Å². The zero-order valence-corrected chi connectivity index (χ0v) is 12.3. The van der Waals surface area contributed by atoms with Crippen molar-refractivity contribution in [1.82, 2.24) is 9.80 Å². The van der Waals surface area contributed by atoms with Crippen LogP contribution in [0, 0.1) is 5.41 Å². The second-order valence-corrected chi connectivity index (χ2v) is 5.56. The summed E-state index contributed by atoms with van der Waals surface area (Å²) in [5.41, 5.74) is -0.608. The first-order chi connectivity index (χ1) is 8.92. The summed E-state index contributed by atoms with van der Waals surface area (Å²) in [6, 6.07) is 0. The molecule has 0 radical (unpaired) electrons. The number of hydrogen-bond donors (Lipinski definition) is 1. The number of amides is 1. The van der Waals surface area contributed by atoms with Crippen LogP contribution in [-0.2, 0) is 9.59 Å². The van der Waals surface area contributed by atoms with Crippen LogP contribution in [0.3, 0.4) is 0 Å². The predicted molar refractivity (Wildman–Crippen MR) is 74.0 cm³/mol. The molecule has 0 spiro atoms. The quantitative estimate of drug-likeness (QED) is 0.760. The lowest BCUT2D eigenvalue weighted by Gasteiger charge is -2.21. The van der Waals surface area contributed by atoms with Gasteiger partial charge in [0.1, 0.15) is 0 Å². The van der Waals surface area contributed by atoms with Crippen molar-refractivity contribution in [3.05, 3.63) is 0 Å². The first kappa shape index (κ1) is 16.0. The van der Waals surface area contributed by atoms with Gasteiger partial charge in [-0.3, -0.25) is 9.59 Å². The van der Waals surface area contributed by atoms with Gasteiger partial charge in [0.2, 0.25) is 5.91 Å². The van der Waals surface area contributed by atoms with E-state index in [-0.39, 0.29) is 5.91 Å². The van der Waals surface area contributed by atoms with Gasteiger partial charge in [-0.25, -0.2) is 0 Å². The topological polar surface area (TPSA) is 60.9 Å². The van der Waals surface area contributed by atoms with E-state index in [1.165, 1.54) is 0 Å². The average Bonchev–Trinajstić information content (AvgIpc) is 2.74. The fourth-order valence-electron chi connectivity index (χ4n) is 2.61. The lowest BCUT2D eigenvalue weighted by atomic mass is 9.90. The fourth-order valence-corrected chi connectivity index (χ4v) is 2.61. The summed E-state index contributed by atoms with van der Waals surface area (Å²) in [5.74, 6) is -0.514. The van der Waals surface area contributed by atoms with E-state index in [2.05, 4.69) is 4.90 Å². The van der Waals surface area contributed by atoms with Crippen LogP contribution in [0.1, 0.15) is 40.0 Å². The Kier molecular flexibility index (Phi) is 5.79. The van der Waals surface area contributed by atoms with Gasteiger partial charge in [-0.1, -0.05) is 0 Å². The molecule has 0 aromatic carbocycles. The Morgan fingerprint density at radius 2 is 1.95 bits per heavy atom. The highest BCUT2D eigenvalue weighted by molar-refractivity contribution is 5.76. The summed E-state index contributed by atoms with van der Waals surface area (Å²) in [6.45, 7) is 9.53. The van der Waals surface area contributed by atoms with Crippen molar-refractivity contribution in [3.8, 4) is 0 Å². The Morgan fingerprint density at radius 1 is 1.32 bits per heavy atom. The maximum absolute atomic E-state index is 11.8. The van der Waals surface area contributed by atoms with Crippen LogP contribution in [0.2, 0.25) is 0 Å². The monoisotopic (exact) mass is 270 g/mol. The molecule has 5 heteroatoms. The zero-order valence-electron chi connectivity index (χ0n) is 12.3. The summed E-state index contributed by atoms with van der Waals surface area (Å²) in [6.07, 6.45) is 2.07.